The van der Waals surface area contributed by atoms with Gasteiger partial charge in [0.2, 0.25) is 0 Å². The average Bonchev–Trinajstić information content (AvgIpc) is 2.37. The largest absolute Gasteiger partial charge is 0.385 e. The Balaban J connectivity index is 2.20. The van der Waals surface area contributed by atoms with Gasteiger partial charge in [0.1, 0.15) is 0 Å². The molecule has 3 unspecified atom stereocenters. The summed E-state index contributed by atoms with van der Waals surface area (Å²) in [6.07, 6.45) is 5.69. The predicted molar refractivity (Wildman–Crippen MR) is 65.7 cm³/mol. The Bertz CT molecular complexity index is 499. The maximum absolute atomic E-state index is 12.4. The van der Waals surface area contributed by atoms with Crippen LogP contribution in [0.25, 0.3) is 0 Å². The van der Waals surface area contributed by atoms with Crippen LogP contribution in [0.5, 0.6) is 0 Å². The first kappa shape index (κ1) is 10.7. The summed E-state index contributed by atoms with van der Waals surface area (Å²) in [7, 11) is 0. The smallest absolute Gasteiger partial charge is 0.167 e. The molecule has 0 bridgehead atoms. The van der Waals surface area contributed by atoms with E-state index in [9.17, 15) is 9.90 Å². The van der Waals surface area contributed by atoms with E-state index in [0.717, 1.165) is 18.4 Å². The van der Waals surface area contributed by atoms with E-state index >= 15 is 0 Å². The number of rotatable bonds is 0. The number of carbonyl (C=O) groups excluding carboxylic acids is 1. The van der Waals surface area contributed by atoms with Gasteiger partial charge in [-0.1, -0.05) is 36.4 Å². The number of aliphatic hydroxyl groups is 1. The van der Waals surface area contributed by atoms with Crippen LogP contribution < -0.4 is 0 Å². The molecular formula is C15H16O2. The van der Waals surface area contributed by atoms with Gasteiger partial charge in [0.05, 0.1) is 5.60 Å². The third-order valence-electron chi connectivity index (χ3n) is 4.23. The highest BCUT2D eigenvalue weighted by atomic mass is 16.3. The van der Waals surface area contributed by atoms with Crippen molar-refractivity contribution >= 4 is 5.78 Å². The highest BCUT2D eigenvalue weighted by Gasteiger charge is 2.47. The molecule has 2 heteroatoms. The standard InChI is InChI=1S/C15H16O2/c1-15(17)12-8-4-2-6-10(12)14(16)11-7-3-5-9-13(11)15/h2-6,8,11,13,17H,7,9H2,1H3. The number of benzene rings is 1. The lowest BCUT2D eigenvalue weighted by atomic mass is 9.62. The van der Waals surface area contributed by atoms with Gasteiger partial charge in [-0.25, -0.2) is 0 Å². The summed E-state index contributed by atoms with van der Waals surface area (Å²) in [5.41, 5.74) is 0.607. The third-order valence-corrected chi connectivity index (χ3v) is 4.23. The molecule has 2 aliphatic carbocycles. The molecule has 0 saturated heterocycles. The molecule has 0 heterocycles. The molecular weight excluding hydrogens is 212 g/mol. The Morgan fingerprint density at radius 3 is 2.76 bits per heavy atom. The van der Waals surface area contributed by atoms with Crippen molar-refractivity contribution < 1.29 is 9.90 Å². The molecule has 1 N–H and O–H groups in total. The Kier molecular flexibility index (Phi) is 2.23. The molecule has 0 spiro atoms. The molecule has 0 fully saturated rings. The zero-order valence-corrected chi connectivity index (χ0v) is 9.89. The van der Waals surface area contributed by atoms with Crippen molar-refractivity contribution in [2.45, 2.75) is 25.4 Å². The maximum Gasteiger partial charge on any atom is 0.167 e. The number of Topliss-reactive ketones (excluding diaryl/α,β-unsaturated/α-hetero) is 1. The summed E-state index contributed by atoms with van der Waals surface area (Å²) in [6.45, 7) is 1.84. The average molecular weight is 228 g/mol. The molecule has 3 atom stereocenters. The van der Waals surface area contributed by atoms with E-state index in [4.69, 9.17) is 0 Å². The van der Waals surface area contributed by atoms with Gasteiger partial charge in [-0.15, -0.1) is 0 Å². The van der Waals surface area contributed by atoms with Crippen LogP contribution in [-0.2, 0) is 5.60 Å². The monoisotopic (exact) mass is 228 g/mol. The number of fused-ring (bicyclic) bond motifs is 2. The van der Waals surface area contributed by atoms with E-state index in [1.54, 1.807) is 0 Å². The lowest BCUT2D eigenvalue weighted by Crippen LogP contribution is -2.46. The summed E-state index contributed by atoms with van der Waals surface area (Å²) in [5.74, 6) is 0.168. The number of hydrogen-bond acceptors (Lipinski definition) is 2. The van der Waals surface area contributed by atoms with Crippen LogP contribution in [0.4, 0.5) is 0 Å². The van der Waals surface area contributed by atoms with Crippen molar-refractivity contribution in [3.63, 3.8) is 0 Å². The van der Waals surface area contributed by atoms with Gasteiger partial charge in [-0.3, -0.25) is 4.79 Å². The van der Waals surface area contributed by atoms with Crippen molar-refractivity contribution in [2.75, 3.05) is 0 Å². The molecule has 17 heavy (non-hydrogen) atoms. The molecule has 0 amide bonds. The zero-order chi connectivity index (χ0) is 12.0. The Morgan fingerprint density at radius 1 is 1.24 bits per heavy atom. The first-order valence-electron chi connectivity index (χ1n) is 6.13. The van der Waals surface area contributed by atoms with Gasteiger partial charge in [0, 0.05) is 17.4 Å². The van der Waals surface area contributed by atoms with Crippen molar-refractivity contribution in [2.24, 2.45) is 11.8 Å². The summed E-state index contributed by atoms with van der Waals surface area (Å²) in [4.78, 5) is 12.4. The molecule has 2 aliphatic rings. The molecule has 1 aromatic carbocycles. The first-order valence-corrected chi connectivity index (χ1v) is 6.13. The Morgan fingerprint density at radius 2 is 1.94 bits per heavy atom. The second-order valence-electron chi connectivity index (χ2n) is 5.21. The third kappa shape index (κ3) is 1.40. The second kappa shape index (κ2) is 3.54. The zero-order valence-electron chi connectivity index (χ0n) is 9.89. The van der Waals surface area contributed by atoms with Gasteiger partial charge in [-0.2, -0.15) is 0 Å². The van der Waals surface area contributed by atoms with E-state index < -0.39 is 5.60 Å². The normalized spacial score (nSPS) is 35.3. The Labute approximate surface area is 101 Å². The van der Waals surface area contributed by atoms with Crippen molar-refractivity contribution in [3.05, 3.63) is 47.5 Å². The molecule has 3 rings (SSSR count). The highest BCUT2D eigenvalue weighted by molar-refractivity contribution is 6.01. The van der Waals surface area contributed by atoms with E-state index in [2.05, 4.69) is 12.2 Å². The topological polar surface area (TPSA) is 37.3 Å². The Hall–Kier alpha value is -1.41. The van der Waals surface area contributed by atoms with Crippen LogP contribution in [0, 0.1) is 11.8 Å². The minimum absolute atomic E-state index is 0.0231. The lowest BCUT2D eigenvalue weighted by molar-refractivity contribution is -0.0354. The summed E-state index contributed by atoms with van der Waals surface area (Å²) >= 11 is 0. The first-order chi connectivity index (χ1) is 8.12. The van der Waals surface area contributed by atoms with E-state index in [1.807, 2.05) is 31.2 Å². The van der Waals surface area contributed by atoms with Crippen molar-refractivity contribution in [1.29, 1.82) is 0 Å². The minimum Gasteiger partial charge on any atom is -0.385 e. The highest BCUT2D eigenvalue weighted by Crippen LogP contribution is 2.47. The van der Waals surface area contributed by atoms with Crippen LogP contribution in [0.2, 0.25) is 0 Å². The predicted octanol–water partition coefficient (Wildman–Crippen LogP) is 2.67. The molecule has 0 radical (unpaired) electrons. The number of carbonyl (C=O) groups is 1. The lowest BCUT2D eigenvalue weighted by Gasteiger charge is -2.44. The fraction of sp³-hybridized carbons (Fsp3) is 0.400. The SMILES string of the molecule is CC1(O)c2ccccc2C(=O)C2CC=CCC21. The van der Waals surface area contributed by atoms with Gasteiger partial charge >= 0.3 is 0 Å². The summed E-state index contributed by atoms with van der Waals surface area (Å²) < 4.78 is 0. The van der Waals surface area contributed by atoms with Crippen molar-refractivity contribution in [3.8, 4) is 0 Å². The minimum atomic E-state index is -0.889. The van der Waals surface area contributed by atoms with E-state index in [1.165, 1.54) is 0 Å². The van der Waals surface area contributed by atoms with Crippen LogP contribution in [0.15, 0.2) is 36.4 Å². The molecule has 0 aliphatic heterocycles. The summed E-state index contributed by atoms with van der Waals surface area (Å²) in [6, 6.07) is 7.47. The molecule has 2 nitrogen and oxygen atoms in total. The number of allylic oxidation sites excluding steroid dienone is 2. The van der Waals surface area contributed by atoms with Crippen LogP contribution in [0.1, 0.15) is 35.7 Å². The summed E-state index contributed by atoms with van der Waals surface area (Å²) in [5, 5.41) is 10.8. The molecule has 88 valence electrons. The van der Waals surface area contributed by atoms with E-state index in [0.29, 0.717) is 5.56 Å². The fourth-order valence-corrected chi connectivity index (χ4v) is 3.26. The van der Waals surface area contributed by atoms with Gasteiger partial charge in [0.25, 0.3) is 0 Å². The quantitative estimate of drug-likeness (QED) is 0.693. The molecule has 1 aromatic rings. The van der Waals surface area contributed by atoms with Gasteiger partial charge in [-0.05, 0) is 25.3 Å². The van der Waals surface area contributed by atoms with E-state index in [-0.39, 0.29) is 17.6 Å². The second-order valence-corrected chi connectivity index (χ2v) is 5.21. The van der Waals surface area contributed by atoms with Crippen molar-refractivity contribution in [1.82, 2.24) is 0 Å². The van der Waals surface area contributed by atoms with Gasteiger partial charge < -0.3 is 5.11 Å². The molecule has 0 aromatic heterocycles. The van der Waals surface area contributed by atoms with Crippen LogP contribution >= 0.6 is 0 Å². The maximum atomic E-state index is 12.4. The number of hydrogen-bond donors (Lipinski definition) is 1. The van der Waals surface area contributed by atoms with Crippen LogP contribution in [0.3, 0.4) is 0 Å². The van der Waals surface area contributed by atoms with Gasteiger partial charge in [0.15, 0.2) is 5.78 Å². The fourth-order valence-electron chi connectivity index (χ4n) is 3.26. The molecule has 0 saturated carbocycles. The number of ketones is 1. The van der Waals surface area contributed by atoms with Crippen LogP contribution in [-0.4, -0.2) is 10.9 Å².